The molecule has 1 aromatic carbocycles. The molecule has 1 aliphatic rings. The lowest BCUT2D eigenvalue weighted by Gasteiger charge is -2.35. The summed E-state index contributed by atoms with van der Waals surface area (Å²) in [5.74, 6) is 0.890. The Morgan fingerprint density at radius 3 is 2.65 bits per heavy atom. The highest BCUT2D eigenvalue weighted by Crippen LogP contribution is 2.30. The lowest BCUT2D eigenvalue weighted by molar-refractivity contribution is -0.121. The minimum absolute atomic E-state index is 0.0110. The van der Waals surface area contributed by atoms with Crippen LogP contribution in [0.1, 0.15) is 44.2 Å². The van der Waals surface area contributed by atoms with Crippen LogP contribution in [-0.2, 0) is 4.79 Å². The van der Waals surface area contributed by atoms with E-state index in [0.717, 1.165) is 24.4 Å². The van der Waals surface area contributed by atoms with Crippen LogP contribution >= 0.6 is 0 Å². The van der Waals surface area contributed by atoms with Crippen LogP contribution in [0, 0.1) is 0 Å². The first-order valence-corrected chi connectivity index (χ1v) is 8.51. The number of methoxy groups -OCH3 is 1. The summed E-state index contributed by atoms with van der Waals surface area (Å²) in [6, 6.07) is 8.10. The number of nitrogens with one attached hydrogen (secondary N) is 1. The summed E-state index contributed by atoms with van der Waals surface area (Å²) in [5, 5.41) is 3.05. The quantitative estimate of drug-likeness (QED) is 0.807. The van der Waals surface area contributed by atoms with Crippen LogP contribution in [0.4, 0.5) is 0 Å². The fourth-order valence-corrected chi connectivity index (χ4v) is 3.18. The van der Waals surface area contributed by atoms with Gasteiger partial charge in [0, 0.05) is 24.6 Å². The summed E-state index contributed by atoms with van der Waals surface area (Å²) in [6.07, 6.45) is 4.06. The van der Waals surface area contributed by atoms with Crippen molar-refractivity contribution in [1.29, 1.82) is 0 Å². The number of hydrogen-bond acceptors (Lipinski definition) is 4. The van der Waals surface area contributed by atoms with E-state index in [9.17, 15) is 4.79 Å². The number of likely N-dealkylation sites (tertiary alicyclic amines) is 1. The third-order valence-electron chi connectivity index (χ3n) is 4.33. The number of rotatable bonds is 7. The van der Waals surface area contributed by atoms with Gasteiger partial charge in [0.1, 0.15) is 5.75 Å². The van der Waals surface area contributed by atoms with E-state index in [1.54, 1.807) is 7.11 Å². The lowest BCUT2D eigenvalue weighted by Crippen LogP contribution is -2.41. The van der Waals surface area contributed by atoms with Crippen LogP contribution in [-0.4, -0.2) is 43.6 Å². The van der Waals surface area contributed by atoms with E-state index in [1.165, 1.54) is 19.3 Å². The third kappa shape index (κ3) is 5.22. The topological polar surface area (TPSA) is 67.6 Å². The van der Waals surface area contributed by atoms with E-state index < -0.39 is 0 Å². The molecule has 1 aliphatic heterocycles. The van der Waals surface area contributed by atoms with Crippen molar-refractivity contribution in [2.75, 3.05) is 26.7 Å². The highest BCUT2D eigenvalue weighted by molar-refractivity contribution is 5.76. The molecule has 0 spiro atoms. The maximum atomic E-state index is 12.0. The smallest absolute Gasteiger partial charge is 0.221 e. The van der Waals surface area contributed by atoms with Crippen LogP contribution in [0.5, 0.6) is 5.75 Å². The highest BCUT2D eigenvalue weighted by Gasteiger charge is 2.25. The maximum absolute atomic E-state index is 12.0. The van der Waals surface area contributed by atoms with Crippen molar-refractivity contribution < 1.29 is 9.53 Å². The number of carbonyl (C=O) groups is 1. The molecule has 2 atom stereocenters. The average molecular weight is 319 g/mol. The largest absolute Gasteiger partial charge is 0.496 e. The number of nitrogens with two attached hydrogens (primary N) is 1. The Kier molecular flexibility index (Phi) is 6.86. The van der Waals surface area contributed by atoms with Gasteiger partial charge < -0.3 is 15.8 Å². The summed E-state index contributed by atoms with van der Waals surface area (Å²) < 4.78 is 5.53. The van der Waals surface area contributed by atoms with Gasteiger partial charge in [-0.2, -0.15) is 0 Å². The molecular formula is C18H29N3O2. The zero-order valence-corrected chi connectivity index (χ0v) is 14.3. The van der Waals surface area contributed by atoms with Crippen LogP contribution in [0.25, 0.3) is 0 Å². The molecule has 0 radical (unpaired) electrons. The molecule has 23 heavy (non-hydrogen) atoms. The SMILES string of the molecule is COc1ccccc1C(CNC(=O)CC(C)N)N1CCCCC1. The van der Waals surface area contributed by atoms with Crippen LogP contribution in [0.15, 0.2) is 24.3 Å². The number of piperidine rings is 1. The summed E-state index contributed by atoms with van der Waals surface area (Å²) in [5.41, 5.74) is 6.85. The van der Waals surface area contributed by atoms with E-state index in [4.69, 9.17) is 10.5 Å². The van der Waals surface area contributed by atoms with Crippen LogP contribution in [0.3, 0.4) is 0 Å². The molecule has 1 aromatic rings. The van der Waals surface area contributed by atoms with Gasteiger partial charge in [0.2, 0.25) is 5.91 Å². The number of carbonyl (C=O) groups excluding carboxylic acids is 1. The predicted octanol–water partition coefficient (Wildman–Crippen LogP) is 2.08. The van der Waals surface area contributed by atoms with Crippen molar-refractivity contribution in [2.45, 2.75) is 44.7 Å². The monoisotopic (exact) mass is 319 g/mol. The first kappa shape index (κ1) is 17.8. The van der Waals surface area contributed by atoms with Crippen LogP contribution in [0.2, 0.25) is 0 Å². The van der Waals surface area contributed by atoms with Gasteiger partial charge in [-0.15, -0.1) is 0 Å². The number of hydrogen-bond donors (Lipinski definition) is 2. The average Bonchev–Trinajstić information content (AvgIpc) is 2.56. The first-order chi connectivity index (χ1) is 11.1. The Labute approximate surface area is 139 Å². The van der Waals surface area contributed by atoms with Crippen molar-refractivity contribution in [1.82, 2.24) is 10.2 Å². The van der Waals surface area contributed by atoms with Gasteiger partial charge in [-0.05, 0) is 38.9 Å². The van der Waals surface area contributed by atoms with Gasteiger partial charge in [-0.1, -0.05) is 24.6 Å². The van der Waals surface area contributed by atoms with Crippen molar-refractivity contribution in [3.05, 3.63) is 29.8 Å². The number of nitrogens with zero attached hydrogens (tertiary/aromatic N) is 1. The number of amides is 1. The Hall–Kier alpha value is -1.59. The fourth-order valence-electron chi connectivity index (χ4n) is 3.18. The van der Waals surface area contributed by atoms with E-state index in [1.807, 2.05) is 25.1 Å². The molecule has 1 saturated heterocycles. The van der Waals surface area contributed by atoms with Crippen molar-refractivity contribution >= 4 is 5.91 Å². The number of benzene rings is 1. The van der Waals surface area contributed by atoms with Gasteiger partial charge in [-0.25, -0.2) is 0 Å². The standard InChI is InChI=1S/C18H29N3O2/c1-14(19)12-18(22)20-13-16(21-10-6-3-7-11-21)15-8-4-5-9-17(15)23-2/h4-5,8-9,14,16H,3,6-7,10-13,19H2,1-2H3,(H,20,22). The third-order valence-corrected chi connectivity index (χ3v) is 4.33. The molecule has 0 aromatic heterocycles. The van der Waals surface area contributed by atoms with E-state index in [-0.39, 0.29) is 18.0 Å². The molecule has 3 N–H and O–H groups in total. The minimum atomic E-state index is -0.116. The Bertz CT molecular complexity index is 499. The Morgan fingerprint density at radius 1 is 1.30 bits per heavy atom. The summed E-state index contributed by atoms with van der Waals surface area (Å²) >= 11 is 0. The maximum Gasteiger partial charge on any atom is 0.221 e. The zero-order chi connectivity index (χ0) is 16.7. The summed E-state index contributed by atoms with van der Waals surface area (Å²) in [6.45, 7) is 4.56. The summed E-state index contributed by atoms with van der Waals surface area (Å²) in [4.78, 5) is 14.4. The molecule has 0 bridgehead atoms. The Morgan fingerprint density at radius 2 is 2.00 bits per heavy atom. The van der Waals surface area contributed by atoms with Crippen molar-refractivity contribution in [2.24, 2.45) is 5.73 Å². The molecule has 1 heterocycles. The molecule has 1 fully saturated rings. The molecular weight excluding hydrogens is 290 g/mol. The molecule has 0 saturated carbocycles. The first-order valence-electron chi connectivity index (χ1n) is 8.51. The molecule has 5 heteroatoms. The van der Waals surface area contributed by atoms with Crippen molar-refractivity contribution in [3.63, 3.8) is 0 Å². The fraction of sp³-hybridized carbons (Fsp3) is 0.611. The van der Waals surface area contributed by atoms with E-state index in [2.05, 4.69) is 16.3 Å². The van der Waals surface area contributed by atoms with Crippen molar-refractivity contribution in [3.8, 4) is 5.75 Å². The van der Waals surface area contributed by atoms with Gasteiger partial charge in [-0.3, -0.25) is 9.69 Å². The molecule has 2 rings (SSSR count). The molecule has 0 aliphatic carbocycles. The van der Waals surface area contributed by atoms with Gasteiger partial charge in [0.25, 0.3) is 0 Å². The molecule has 1 amide bonds. The molecule has 5 nitrogen and oxygen atoms in total. The second-order valence-corrected chi connectivity index (χ2v) is 6.34. The van der Waals surface area contributed by atoms with Gasteiger partial charge >= 0.3 is 0 Å². The molecule has 2 unspecified atom stereocenters. The number of para-hydroxylation sites is 1. The van der Waals surface area contributed by atoms with Gasteiger partial charge in [0.05, 0.1) is 13.2 Å². The highest BCUT2D eigenvalue weighted by atomic mass is 16.5. The second kappa shape index (κ2) is 8.89. The lowest BCUT2D eigenvalue weighted by atomic mass is 10.0. The van der Waals surface area contributed by atoms with E-state index >= 15 is 0 Å². The summed E-state index contributed by atoms with van der Waals surface area (Å²) in [7, 11) is 1.70. The van der Waals surface area contributed by atoms with Crippen LogP contribution < -0.4 is 15.8 Å². The normalized spacial score (nSPS) is 18.2. The minimum Gasteiger partial charge on any atom is -0.496 e. The number of ether oxygens (including phenoxy) is 1. The second-order valence-electron chi connectivity index (χ2n) is 6.34. The van der Waals surface area contributed by atoms with E-state index in [0.29, 0.717) is 13.0 Å². The zero-order valence-electron chi connectivity index (χ0n) is 14.3. The predicted molar refractivity (Wildman–Crippen MR) is 92.4 cm³/mol. The van der Waals surface area contributed by atoms with Gasteiger partial charge in [0.15, 0.2) is 0 Å². The molecule has 128 valence electrons. The Balaban J connectivity index is 2.13.